The molecule has 0 aliphatic carbocycles. The normalized spacial score (nSPS) is 11.3. The molecule has 0 bridgehead atoms. The molecule has 0 fully saturated rings. The number of nitrogens with zero attached hydrogens (tertiary/aromatic N) is 2. The van der Waals surface area contributed by atoms with Crippen molar-refractivity contribution in [2.24, 2.45) is 0 Å². The predicted molar refractivity (Wildman–Crippen MR) is 116 cm³/mol. The Morgan fingerprint density at radius 1 is 1.10 bits per heavy atom. The highest BCUT2D eigenvalue weighted by Crippen LogP contribution is 2.27. The Morgan fingerprint density at radius 3 is 2.45 bits per heavy atom. The molecule has 4 N–H and O–H groups in total. The number of hydrogen-bond acceptors (Lipinski definition) is 5. The summed E-state index contributed by atoms with van der Waals surface area (Å²) in [6, 6.07) is 15.7. The van der Waals surface area contributed by atoms with E-state index in [1.54, 1.807) is 18.2 Å². The molecular weight excluding hydrogens is 367 g/mol. The third-order valence-electron chi connectivity index (χ3n) is 4.92. The molecule has 29 heavy (non-hydrogen) atoms. The van der Waals surface area contributed by atoms with Crippen LogP contribution >= 0.6 is 0 Å². The number of benzene rings is 2. The van der Waals surface area contributed by atoms with Crippen LogP contribution in [0.1, 0.15) is 25.0 Å². The second-order valence-electron chi connectivity index (χ2n) is 7.61. The topological polar surface area (TPSA) is 84.1 Å². The summed E-state index contributed by atoms with van der Waals surface area (Å²) >= 11 is 0. The first-order valence-corrected chi connectivity index (χ1v) is 9.33. The Kier molecular flexibility index (Phi) is 5.94. The van der Waals surface area contributed by atoms with Crippen LogP contribution in [0.15, 0.2) is 61.2 Å². The molecule has 0 unspecified atom stereocenters. The Bertz CT molecular complexity index is 998. The van der Waals surface area contributed by atoms with E-state index >= 15 is 0 Å². The van der Waals surface area contributed by atoms with Crippen molar-refractivity contribution in [3.63, 3.8) is 0 Å². The highest BCUT2D eigenvalue weighted by atomic mass is 19.1. The van der Waals surface area contributed by atoms with Crippen LogP contribution in [0.3, 0.4) is 0 Å². The van der Waals surface area contributed by atoms with Crippen molar-refractivity contribution in [2.45, 2.75) is 19.3 Å². The molecule has 0 radical (unpaired) electrons. The number of hydrogen-bond donors (Lipinski definition) is 3. The SMILES string of the molecule is C=C(CO)c1cc(-c2ccc(NCC(C)(C)c3ccc(F)cc3)nn2)ccc1N. The zero-order valence-electron chi connectivity index (χ0n) is 16.6. The molecule has 5 nitrogen and oxygen atoms in total. The van der Waals surface area contributed by atoms with Gasteiger partial charge in [0.1, 0.15) is 11.6 Å². The molecule has 1 heterocycles. The molecule has 0 atom stereocenters. The maximum Gasteiger partial charge on any atom is 0.148 e. The first-order chi connectivity index (χ1) is 13.8. The molecule has 0 saturated heterocycles. The highest BCUT2D eigenvalue weighted by Gasteiger charge is 2.20. The van der Waals surface area contributed by atoms with Gasteiger partial charge in [-0.2, -0.15) is 0 Å². The summed E-state index contributed by atoms with van der Waals surface area (Å²) in [7, 11) is 0. The van der Waals surface area contributed by atoms with Crippen LogP contribution in [0, 0.1) is 5.82 Å². The standard InChI is InChI=1S/C23H25FN4O/c1-15(13-29)19-12-16(4-9-20(19)25)21-10-11-22(28-27-21)26-14-23(2,3)17-5-7-18(24)8-6-17/h4-12,29H,1,13-14,25H2,2-3H3,(H,26,28). The summed E-state index contributed by atoms with van der Waals surface area (Å²) in [6.07, 6.45) is 0. The monoisotopic (exact) mass is 392 g/mol. The lowest BCUT2D eigenvalue weighted by Gasteiger charge is -2.25. The summed E-state index contributed by atoms with van der Waals surface area (Å²) < 4.78 is 13.2. The summed E-state index contributed by atoms with van der Waals surface area (Å²) in [5.41, 5.74) is 10.2. The van der Waals surface area contributed by atoms with Gasteiger partial charge in [-0.05, 0) is 47.5 Å². The van der Waals surface area contributed by atoms with E-state index in [2.05, 4.69) is 35.9 Å². The smallest absolute Gasteiger partial charge is 0.148 e. The molecular formula is C23H25FN4O. The van der Waals surface area contributed by atoms with Crippen molar-refractivity contribution in [1.82, 2.24) is 10.2 Å². The number of nitrogens with two attached hydrogens (primary N) is 1. The van der Waals surface area contributed by atoms with Crippen molar-refractivity contribution < 1.29 is 9.50 Å². The van der Waals surface area contributed by atoms with Gasteiger partial charge in [0.2, 0.25) is 0 Å². The van der Waals surface area contributed by atoms with Gasteiger partial charge in [-0.15, -0.1) is 10.2 Å². The minimum Gasteiger partial charge on any atom is -0.398 e. The van der Waals surface area contributed by atoms with Crippen molar-refractivity contribution >= 4 is 17.1 Å². The number of rotatable bonds is 7. The first kappa shape index (κ1) is 20.5. The number of nitrogen functional groups attached to an aromatic ring is 1. The maximum absolute atomic E-state index is 13.2. The van der Waals surface area contributed by atoms with Crippen molar-refractivity contribution in [3.05, 3.63) is 78.1 Å². The predicted octanol–water partition coefficient (Wildman–Crippen LogP) is 4.26. The van der Waals surface area contributed by atoms with E-state index in [1.807, 2.05) is 24.3 Å². The molecule has 1 aromatic heterocycles. The molecule has 150 valence electrons. The Hall–Kier alpha value is -3.25. The van der Waals surface area contributed by atoms with E-state index in [-0.39, 0.29) is 17.8 Å². The van der Waals surface area contributed by atoms with Gasteiger partial charge in [0, 0.05) is 28.8 Å². The third kappa shape index (κ3) is 4.78. The molecule has 3 rings (SSSR count). The van der Waals surface area contributed by atoms with E-state index in [0.717, 1.165) is 11.1 Å². The number of aliphatic hydroxyl groups excluding tert-OH is 1. The van der Waals surface area contributed by atoms with E-state index in [4.69, 9.17) is 5.73 Å². The Morgan fingerprint density at radius 2 is 1.83 bits per heavy atom. The third-order valence-corrected chi connectivity index (χ3v) is 4.92. The molecule has 0 amide bonds. The van der Waals surface area contributed by atoms with Crippen LogP contribution in [-0.2, 0) is 5.41 Å². The first-order valence-electron chi connectivity index (χ1n) is 9.33. The van der Waals surface area contributed by atoms with Crippen molar-refractivity contribution in [3.8, 4) is 11.3 Å². The van der Waals surface area contributed by atoms with Gasteiger partial charge in [-0.3, -0.25) is 0 Å². The van der Waals surface area contributed by atoms with E-state index < -0.39 is 0 Å². The molecule has 0 spiro atoms. The average Bonchev–Trinajstić information content (AvgIpc) is 2.73. The second kappa shape index (κ2) is 8.41. The Labute approximate surface area is 170 Å². The quantitative estimate of drug-likeness (QED) is 0.523. The molecule has 6 heteroatoms. The lowest BCUT2D eigenvalue weighted by molar-refractivity contribution is 0.350. The minimum atomic E-state index is -0.243. The number of aromatic nitrogens is 2. The fourth-order valence-corrected chi connectivity index (χ4v) is 3.00. The average molecular weight is 392 g/mol. The van der Waals surface area contributed by atoms with Gasteiger partial charge >= 0.3 is 0 Å². The van der Waals surface area contributed by atoms with Gasteiger partial charge in [-0.1, -0.05) is 38.6 Å². The van der Waals surface area contributed by atoms with Crippen LogP contribution in [0.5, 0.6) is 0 Å². The molecule has 0 saturated carbocycles. The number of nitrogens with one attached hydrogen (secondary N) is 1. The molecule has 3 aromatic rings. The van der Waals surface area contributed by atoms with Crippen LogP contribution < -0.4 is 11.1 Å². The number of anilines is 2. The van der Waals surface area contributed by atoms with Crippen LogP contribution in [0.25, 0.3) is 16.8 Å². The van der Waals surface area contributed by atoms with Gasteiger partial charge in [-0.25, -0.2) is 4.39 Å². The summed E-state index contributed by atoms with van der Waals surface area (Å²) in [4.78, 5) is 0. The van der Waals surface area contributed by atoms with E-state index in [0.29, 0.717) is 34.9 Å². The zero-order chi connectivity index (χ0) is 21.0. The van der Waals surface area contributed by atoms with Crippen LogP contribution in [0.4, 0.5) is 15.9 Å². The summed E-state index contributed by atoms with van der Waals surface area (Å²) in [5, 5.41) is 21.2. The molecule has 0 aliphatic heterocycles. The second-order valence-corrected chi connectivity index (χ2v) is 7.61. The van der Waals surface area contributed by atoms with Gasteiger partial charge in [0.05, 0.1) is 12.3 Å². The molecule has 0 aliphatic rings. The van der Waals surface area contributed by atoms with Crippen molar-refractivity contribution in [2.75, 3.05) is 24.2 Å². The van der Waals surface area contributed by atoms with Crippen molar-refractivity contribution in [1.29, 1.82) is 0 Å². The van der Waals surface area contributed by atoms with Crippen LogP contribution in [0.2, 0.25) is 0 Å². The van der Waals surface area contributed by atoms with Gasteiger partial charge in [0.15, 0.2) is 0 Å². The zero-order valence-corrected chi connectivity index (χ0v) is 16.6. The fraction of sp³-hybridized carbons (Fsp3) is 0.217. The number of aliphatic hydroxyl groups is 1. The minimum absolute atomic E-state index is 0.161. The summed E-state index contributed by atoms with van der Waals surface area (Å²) in [5.74, 6) is 0.409. The lowest BCUT2D eigenvalue weighted by Crippen LogP contribution is -2.28. The lowest BCUT2D eigenvalue weighted by atomic mass is 9.84. The fourth-order valence-electron chi connectivity index (χ4n) is 3.00. The van der Waals surface area contributed by atoms with Gasteiger partial charge in [0.25, 0.3) is 0 Å². The highest BCUT2D eigenvalue weighted by molar-refractivity contribution is 5.78. The maximum atomic E-state index is 13.2. The van der Waals surface area contributed by atoms with Gasteiger partial charge < -0.3 is 16.2 Å². The van der Waals surface area contributed by atoms with E-state index in [1.165, 1.54) is 12.1 Å². The molecule has 2 aromatic carbocycles. The summed E-state index contributed by atoms with van der Waals surface area (Å²) in [6.45, 7) is 8.46. The van der Waals surface area contributed by atoms with Crippen LogP contribution in [-0.4, -0.2) is 28.5 Å². The van der Waals surface area contributed by atoms with E-state index in [9.17, 15) is 9.50 Å². The Balaban J connectivity index is 1.72. The number of halogens is 1. The largest absolute Gasteiger partial charge is 0.398 e.